The molecule has 0 amide bonds. The molecule has 2 fully saturated rings. The summed E-state index contributed by atoms with van der Waals surface area (Å²) in [4.78, 5) is 4.68. The van der Waals surface area contributed by atoms with Gasteiger partial charge in [0.1, 0.15) is 0 Å². The van der Waals surface area contributed by atoms with Gasteiger partial charge in [-0.05, 0) is 26.1 Å². The molecule has 2 rings (SSSR count). The minimum Gasteiger partial charge on any atom is -0.390 e. The number of aliphatic hydroxyl groups is 1. The summed E-state index contributed by atoms with van der Waals surface area (Å²) in [6.45, 7) is 5.10. The Hall–Kier alpha value is 0.190. The zero-order chi connectivity index (χ0) is 13.7. The maximum absolute atomic E-state index is 10.3. The average Bonchev–Trinajstić information content (AvgIpc) is 2.88. The number of ether oxygens (including phenoxy) is 1. The number of aliphatic hydroxyl groups excluding tert-OH is 1. The number of nitrogens with zero attached hydrogens (tertiary/aromatic N) is 2. The third kappa shape index (κ3) is 4.60. The van der Waals surface area contributed by atoms with E-state index in [0.717, 1.165) is 44.6 Å². The van der Waals surface area contributed by atoms with Crippen molar-refractivity contribution in [1.82, 2.24) is 9.80 Å². The van der Waals surface area contributed by atoms with Crippen LogP contribution in [0.2, 0.25) is 0 Å². The first-order chi connectivity index (χ1) is 9.20. The quantitative estimate of drug-likeness (QED) is 0.786. The van der Waals surface area contributed by atoms with Crippen molar-refractivity contribution in [3.8, 4) is 0 Å². The number of hydrogen-bond donors (Lipinski definition) is 1. The van der Waals surface area contributed by atoms with E-state index in [1.165, 1.54) is 19.3 Å². The smallest absolute Gasteiger partial charge is 0.0793 e. The van der Waals surface area contributed by atoms with Crippen LogP contribution in [0.5, 0.6) is 0 Å². The van der Waals surface area contributed by atoms with E-state index < -0.39 is 0 Å². The molecule has 4 nitrogen and oxygen atoms in total. The van der Waals surface area contributed by atoms with Gasteiger partial charge in [-0.1, -0.05) is 6.42 Å². The number of hydrogen-bond acceptors (Lipinski definition) is 5. The lowest BCUT2D eigenvalue weighted by Crippen LogP contribution is -2.46. The summed E-state index contributed by atoms with van der Waals surface area (Å²) >= 11 is 1.98. The van der Waals surface area contributed by atoms with Gasteiger partial charge in [0.05, 0.1) is 19.3 Å². The number of rotatable bonds is 6. The van der Waals surface area contributed by atoms with E-state index >= 15 is 0 Å². The van der Waals surface area contributed by atoms with E-state index in [0.29, 0.717) is 6.04 Å². The molecule has 1 N–H and O–H groups in total. The van der Waals surface area contributed by atoms with E-state index in [-0.39, 0.29) is 6.10 Å². The number of β-amino-alcohol motifs (C(OH)–C–C–N with tert-alkyl or cyclic N) is 1. The van der Waals surface area contributed by atoms with Gasteiger partial charge in [0.25, 0.3) is 0 Å². The lowest BCUT2D eigenvalue weighted by molar-refractivity contribution is 0.00615. The highest BCUT2D eigenvalue weighted by atomic mass is 32.2. The summed E-state index contributed by atoms with van der Waals surface area (Å²) in [5.74, 6) is 0. The second-order valence-corrected chi connectivity index (χ2v) is 6.86. The van der Waals surface area contributed by atoms with E-state index in [9.17, 15) is 5.11 Å². The fraction of sp³-hybridized carbons (Fsp3) is 1.00. The maximum Gasteiger partial charge on any atom is 0.0793 e. The van der Waals surface area contributed by atoms with Crippen LogP contribution in [0.3, 0.4) is 0 Å². The van der Waals surface area contributed by atoms with Gasteiger partial charge in [0.15, 0.2) is 0 Å². The standard InChI is InChI=1S/C14H28N2O2S/c1-15(13-4-3-5-14(13)19-2)10-12(17)11-16-6-8-18-9-7-16/h12-14,17H,3-11H2,1-2H3. The summed E-state index contributed by atoms with van der Waals surface area (Å²) in [6.07, 6.45) is 5.91. The highest BCUT2D eigenvalue weighted by molar-refractivity contribution is 7.99. The van der Waals surface area contributed by atoms with Crippen molar-refractivity contribution in [3.63, 3.8) is 0 Å². The van der Waals surface area contributed by atoms with Crippen LogP contribution in [0.15, 0.2) is 0 Å². The zero-order valence-corrected chi connectivity index (χ0v) is 13.1. The number of likely N-dealkylation sites (N-methyl/N-ethyl adjacent to an activating group) is 1. The molecule has 2 aliphatic rings. The monoisotopic (exact) mass is 288 g/mol. The Morgan fingerprint density at radius 3 is 2.79 bits per heavy atom. The number of morpholine rings is 1. The van der Waals surface area contributed by atoms with Crippen molar-refractivity contribution < 1.29 is 9.84 Å². The van der Waals surface area contributed by atoms with Gasteiger partial charge in [-0.2, -0.15) is 11.8 Å². The lowest BCUT2D eigenvalue weighted by Gasteiger charge is -2.33. The van der Waals surface area contributed by atoms with Crippen LogP contribution in [0.25, 0.3) is 0 Å². The Bertz CT molecular complexity index is 262. The molecule has 0 aromatic carbocycles. The molecular formula is C14H28N2O2S. The molecule has 5 heteroatoms. The zero-order valence-electron chi connectivity index (χ0n) is 12.3. The molecule has 0 spiro atoms. The van der Waals surface area contributed by atoms with Crippen LogP contribution in [0, 0.1) is 0 Å². The first-order valence-electron chi connectivity index (χ1n) is 7.42. The third-order valence-corrected chi connectivity index (χ3v) is 5.51. The first-order valence-corrected chi connectivity index (χ1v) is 8.70. The van der Waals surface area contributed by atoms with Gasteiger partial charge in [0.2, 0.25) is 0 Å². The van der Waals surface area contributed by atoms with Gasteiger partial charge in [-0.25, -0.2) is 0 Å². The van der Waals surface area contributed by atoms with Crippen molar-refractivity contribution in [1.29, 1.82) is 0 Å². The van der Waals surface area contributed by atoms with Crippen LogP contribution in [0.4, 0.5) is 0 Å². The summed E-state index contributed by atoms with van der Waals surface area (Å²) in [6, 6.07) is 0.648. The molecule has 3 unspecified atom stereocenters. The summed E-state index contributed by atoms with van der Waals surface area (Å²) in [7, 11) is 2.17. The van der Waals surface area contributed by atoms with Crippen LogP contribution in [0.1, 0.15) is 19.3 Å². The van der Waals surface area contributed by atoms with Gasteiger partial charge in [-0.3, -0.25) is 9.80 Å². The summed E-state index contributed by atoms with van der Waals surface area (Å²) < 4.78 is 5.34. The molecular weight excluding hydrogens is 260 g/mol. The molecule has 112 valence electrons. The fourth-order valence-corrected chi connectivity index (χ4v) is 4.35. The van der Waals surface area contributed by atoms with Crippen LogP contribution < -0.4 is 0 Å². The van der Waals surface area contributed by atoms with Gasteiger partial charge >= 0.3 is 0 Å². The Morgan fingerprint density at radius 1 is 1.37 bits per heavy atom. The van der Waals surface area contributed by atoms with Crippen LogP contribution >= 0.6 is 11.8 Å². The SMILES string of the molecule is CSC1CCCC1N(C)CC(O)CN1CCOCC1. The lowest BCUT2D eigenvalue weighted by atomic mass is 10.2. The Balaban J connectivity index is 1.72. The molecule has 1 aliphatic carbocycles. The predicted molar refractivity (Wildman–Crippen MR) is 80.8 cm³/mol. The molecule has 19 heavy (non-hydrogen) atoms. The van der Waals surface area contributed by atoms with Crippen molar-refractivity contribution in [2.75, 3.05) is 52.7 Å². The van der Waals surface area contributed by atoms with Gasteiger partial charge in [-0.15, -0.1) is 0 Å². The summed E-state index contributed by atoms with van der Waals surface area (Å²) in [5, 5.41) is 11.0. The normalized spacial score (nSPS) is 30.9. The fourth-order valence-electron chi connectivity index (χ4n) is 3.29. The summed E-state index contributed by atoms with van der Waals surface area (Å²) in [5.41, 5.74) is 0. The van der Waals surface area contributed by atoms with Crippen LogP contribution in [-0.2, 0) is 4.74 Å². The predicted octanol–water partition coefficient (Wildman–Crippen LogP) is 0.895. The van der Waals surface area contributed by atoms with E-state index in [1.807, 2.05) is 11.8 Å². The Labute approximate surface area is 121 Å². The molecule has 0 aromatic rings. The molecule has 0 bridgehead atoms. The Kier molecular flexibility index (Phi) is 6.42. The number of thioether (sulfide) groups is 1. The van der Waals surface area contributed by atoms with E-state index in [4.69, 9.17) is 4.74 Å². The van der Waals surface area contributed by atoms with E-state index in [1.54, 1.807) is 0 Å². The third-order valence-electron chi connectivity index (χ3n) is 4.36. The molecule has 1 saturated heterocycles. The molecule has 3 atom stereocenters. The highest BCUT2D eigenvalue weighted by Gasteiger charge is 2.30. The van der Waals surface area contributed by atoms with Crippen molar-refractivity contribution in [2.45, 2.75) is 36.7 Å². The molecule has 0 radical (unpaired) electrons. The van der Waals surface area contributed by atoms with Crippen molar-refractivity contribution >= 4 is 11.8 Å². The van der Waals surface area contributed by atoms with E-state index in [2.05, 4.69) is 23.1 Å². The minimum atomic E-state index is -0.244. The second-order valence-electron chi connectivity index (χ2n) is 5.78. The topological polar surface area (TPSA) is 35.9 Å². The molecule has 1 heterocycles. The molecule has 1 saturated carbocycles. The highest BCUT2D eigenvalue weighted by Crippen LogP contribution is 2.31. The second kappa shape index (κ2) is 7.84. The van der Waals surface area contributed by atoms with Gasteiger partial charge in [0, 0.05) is 37.5 Å². The average molecular weight is 288 g/mol. The first kappa shape index (κ1) is 15.6. The Morgan fingerprint density at radius 2 is 2.11 bits per heavy atom. The van der Waals surface area contributed by atoms with Gasteiger partial charge < -0.3 is 9.84 Å². The van der Waals surface area contributed by atoms with Crippen molar-refractivity contribution in [3.05, 3.63) is 0 Å². The maximum atomic E-state index is 10.3. The van der Waals surface area contributed by atoms with Crippen molar-refractivity contribution in [2.24, 2.45) is 0 Å². The van der Waals surface area contributed by atoms with Crippen LogP contribution in [-0.4, -0.2) is 85.0 Å². The minimum absolute atomic E-state index is 0.244. The molecule has 0 aromatic heterocycles. The largest absolute Gasteiger partial charge is 0.390 e. The molecule has 1 aliphatic heterocycles.